The first-order chi connectivity index (χ1) is 12.2. The zero-order valence-corrected chi connectivity index (χ0v) is 14.0. The van der Waals surface area contributed by atoms with E-state index in [0.29, 0.717) is 5.76 Å². The topological polar surface area (TPSA) is 26.3 Å². The molecule has 0 saturated carbocycles. The van der Waals surface area contributed by atoms with Gasteiger partial charge in [0.1, 0.15) is 5.76 Å². The Labute approximate surface area is 147 Å². The highest BCUT2D eigenvalue weighted by Gasteiger charge is 2.40. The van der Waals surface area contributed by atoms with Crippen LogP contribution < -0.4 is 0 Å². The van der Waals surface area contributed by atoms with Gasteiger partial charge in [-0.25, -0.2) is 0 Å². The monoisotopic (exact) mass is 326 g/mol. The van der Waals surface area contributed by atoms with Crippen LogP contribution in [0.2, 0.25) is 0 Å². The van der Waals surface area contributed by atoms with Gasteiger partial charge in [0.15, 0.2) is 5.60 Å². The van der Waals surface area contributed by atoms with Crippen LogP contribution in [0.1, 0.15) is 18.1 Å². The second-order valence-corrected chi connectivity index (χ2v) is 6.31. The third-order valence-electron chi connectivity index (χ3n) is 4.64. The lowest BCUT2D eigenvalue weighted by Gasteiger charge is -2.23. The third kappa shape index (κ3) is 2.76. The van der Waals surface area contributed by atoms with Crippen molar-refractivity contribution in [3.05, 3.63) is 102 Å². The molecule has 0 radical (unpaired) electrons. The number of fused-ring (bicyclic) bond motifs is 1. The van der Waals surface area contributed by atoms with E-state index in [1.165, 1.54) is 10.8 Å². The van der Waals surface area contributed by atoms with E-state index in [1.54, 1.807) is 6.08 Å². The van der Waals surface area contributed by atoms with Crippen molar-refractivity contribution in [3.8, 4) is 0 Å². The molecular formula is C23H18O2. The lowest BCUT2D eigenvalue weighted by molar-refractivity contribution is -0.129. The molecular weight excluding hydrogens is 308 g/mol. The van der Waals surface area contributed by atoms with Crippen molar-refractivity contribution in [3.63, 3.8) is 0 Å². The van der Waals surface area contributed by atoms with Gasteiger partial charge in [0.05, 0.1) is 0 Å². The summed E-state index contributed by atoms with van der Waals surface area (Å²) >= 11 is 0. The highest BCUT2D eigenvalue weighted by atomic mass is 16.5. The van der Waals surface area contributed by atoms with Crippen LogP contribution >= 0.6 is 0 Å². The molecule has 4 rings (SSSR count). The van der Waals surface area contributed by atoms with Crippen molar-refractivity contribution in [2.75, 3.05) is 0 Å². The maximum absolute atomic E-state index is 12.5. The largest absolute Gasteiger partial charge is 0.475 e. The molecule has 0 spiro atoms. The lowest BCUT2D eigenvalue weighted by Crippen LogP contribution is -2.29. The Morgan fingerprint density at radius 2 is 1.56 bits per heavy atom. The minimum Gasteiger partial charge on any atom is -0.475 e. The number of hydrogen-bond acceptors (Lipinski definition) is 2. The van der Waals surface area contributed by atoms with E-state index in [0.717, 1.165) is 11.1 Å². The van der Waals surface area contributed by atoms with Crippen LogP contribution in [0.15, 0.2) is 90.7 Å². The number of ether oxygens (including phenoxy) is 1. The minimum atomic E-state index is -0.945. The molecule has 3 aromatic carbocycles. The summed E-state index contributed by atoms with van der Waals surface area (Å²) < 4.78 is 6.01. The van der Waals surface area contributed by atoms with Gasteiger partial charge in [0.2, 0.25) is 5.78 Å². The molecule has 0 N–H and O–H groups in total. The van der Waals surface area contributed by atoms with Crippen molar-refractivity contribution < 1.29 is 9.53 Å². The summed E-state index contributed by atoms with van der Waals surface area (Å²) in [5.74, 6) is 0.556. The number of carbonyl (C=O) groups is 1. The zero-order chi connectivity index (χ0) is 17.3. The van der Waals surface area contributed by atoms with Gasteiger partial charge in [-0.05, 0) is 29.3 Å². The molecule has 2 nitrogen and oxygen atoms in total. The number of benzene rings is 3. The molecule has 1 unspecified atom stereocenters. The maximum Gasteiger partial charge on any atom is 0.207 e. The van der Waals surface area contributed by atoms with Gasteiger partial charge in [-0.3, -0.25) is 4.79 Å². The average Bonchev–Trinajstić information content (AvgIpc) is 2.96. The van der Waals surface area contributed by atoms with E-state index in [-0.39, 0.29) is 5.78 Å². The first kappa shape index (κ1) is 15.4. The van der Waals surface area contributed by atoms with Gasteiger partial charge in [-0.1, -0.05) is 78.9 Å². The molecule has 3 aromatic rings. The van der Waals surface area contributed by atoms with E-state index < -0.39 is 5.60 Å². The fourth-order valence-electron chi connectivity index (χ4n) is 3.19. The average molecular weight is 326 g/mol. The Hall–Kier alpha value is -3.13. The second kappa shape index (κ2) is 6.06. The smallest absolute Gasteiger partial charge is 0.207 e. The normalized spacial score (nSPS) is 20.0. The Balaban J connectivity index is 1.63. The molecule has 0 aromatic heterocycles. The molecule has 0 aliphatic carbocycles. The summed E-state index contributed by atoms with van der Waals surface area (Å²) in [6.07, 6.45) is 5.45. The molecule has 1 aliphatic heterocycles. The van der Waals surface area contributed by atoms with Crippen molar-refractivity contribution in [1.29, 1.82) is 0 Å². The van der Waals surface area contributed by atoms with E-state index >= 15 is 0 Å². The quantitative estimate of drug-likeness (QED) is 0.657. The van der Waals surface area contributed by atoms with E-state index in [4.69, 9.17) is 4.74 Å². The molecule has 0 saturated heterocycles. The lowest BCUT2D eigenvalue weighted by atomic mass is 9.92. The van der Waals surface area contributed by atoms with Crippen molar-refractivity contribution in [1.82, 2.24) is 0 Å². The zero-order valence-electron chi connectivity index (χ0n) is 14.0. The molecule has 1 atom stereocenters. The van der Waals surface area contributed by atoms with Crippen LogP contribution in [0.5, 0.6) is 0 Å². The first-order valence-corrected chi connectivity index (χ1v) is 8.33. The minimum absolute atomic E-state index is 0.0312. The van der Waals surface area contributed by atoms with E-state index in [9.17, 15) is 4.79 Å². The molecule has 1 aliphatic rings. The standard InChI is InChI=1S/C23H18O2/c1-23(19-11-3-2-4-12-19)22(24)16-20(25-23)15-14-18-10-7-9-17-8-5-6-13-21(17)18/h2-16H,1H3/b15-14+. The van der Waals surface area contributed by atoms with Crippen LogP contribution in [-0.2, 0) is 15.1 Å². The molecule has 0 fully saturated rings. The van der Waals surface area contributed by atoms with Gasteiger partial charge in [-0.2, -0.15) is 0 Å². The molecule has 2 heteroatoms. The van der Waals surface area contributed by atoms with E-state index in [2.05, 4.69) is 24.3 Å². The van der Waals surface area contributed by atoms with Crippen molar-refractivity contribution in [2.24, 2.45) is 0 Å². The summed E-state index contributed by atoms with van der Waals surface area (Å²) in [6, 6.07) is 24.0. The number of rotatable bonds is 3. The van der Waals surface area contributed by atoms with Crippen molar-refractivity contribution >= 4 is 22.6 Å². The molecule has 25 heavy (non-hydrogen) atoms. The van der Waals surface area contributed by atoms with Crippen LogP contribution in [0.3, 0.4) is 0 Å². The van der Waals surface area contributed by atoms with Crippen molar-refractivity contribution in [2.45, 2.75) is 12.5 Å². The number of hydrogen-bond donors (Lipinski definition) is 0. The molecule has 1 heterocycles. The highest BCUT2D eigenvalue weighted by molar-refractivity contribution is 6.00. The molecule has 0 bridgehead atoms. The van der Waals surface area contributed by atoms with Crippen LogP contribution in [0, 0.1) is 0 Å². The number of ketones is 1. The Morgan fingerprint density at radius 3 is 2.40 bits per heavy atom. The third-order valence-corrected chi connectivity index (χ3v) is 4.64. The summed E-state index contributed by atoms with van der Waals surface area (Å²) in [5.41, 5.74) is 1.02. The fraction of sp³-hybridized carbons (Fsp3) is 0.0870. The SMILES string of the molecule is CC1(c2ccccc2)OC(/C=C/c2cccc3ccccc23)=CC1=O. The van der Waals surface area contributed by atoms with Gasteiger partial charge >= 0.3 is 0 Å². The first-order valence-electron chi connectivity index (χ1n) is 8.33. The fourth-order valence-corrected chi connectivity index (χ4v) is 3.19. The predicted molar refractivity (Wildman–Crippen MR) is 101 cm³/mol. The Morgan fingerprint density at radius 1 is 0.840 bits per heavy atom. The summed E-state index contributed by atoms with van der Waals surface area (Å²) in [4.78, 5) is 12.5. The molecule has 0 amide bonds. The Bertz CT molecular complexity index is 994. The predicted octanol–water partition coefficient (Wildman–Crippen LogP) is 5.25. The number of carbonyl (C=O) groups excluding carboxylic acids is 1. The Kier molecular flexibility index (Phi) is 3.73. The van der Waals surface area contributed by atoms with Crippen LogP contribution in [0.4, 0.5) is 0 Å². The maximum atomic E-state index is 12.5. The summed E-state index contributed by atoms with van der Waals surface area (Å²) in [6.45, 7) is 1.82. The van der Waals surface area contributed by atoms with Gasteiger partial charge < -0.3 is 4.74 Å². The van der Waals surface area contributed by atoms with E-state index in [1.807, 2.05) is 67.6 Å². The van der Waals surface area contributed by atoms with Gasteiger partial charge in [0, 0.05) is 11.6 Å². The summed E-state index contributed by atoms with van der Waals surface area (Å²) in [5, 5.41) is 2.37. The van der Waals surface area contributed by atoms with Crippen LogP contribution in [0.25, 0.3) is 16.8 Å². The summed E-state index contributed by atoms with van der Waals surface area (Å²) in [7, 11) is 0. The number of allylic oxidation sites excluding steroid dienone is 1. The van der Waals surface area contributed by atoms with Gasteiger partial charge in [0.25, 0.3) is 0 Å². The highest BCUT2D eigenvalue weighted by Crippen LogP contribution is 2.35. The second-order valence-electron chi connectivity index (χ2n) is 6.31. The van der Waals surface area contributed by atoms with Gasteiger partial charge in [-0.15, -0.1) is 0 Å². The molecule has 122 valence electrons. The van der Waals surface area contributed by atoms with Crippen LogP contribution in [-0.4, -0.2) is 5.78 Å².